The summed E-state index contributed by atoms with van der Waals surface area (Å²) < 4.78 is 32.7. The molecule has 0 saturated carbocycles. The van der Waals surface area contributed by atoms with E-state index in [0.29, 0.717) is 17.7 Å². The van der Waals surface area contributed by atoms with Gasteiger partial charge < -0.3 is 4.74 Å². The lowest BCUT2D eigenvalue weighted by molar-refractivity contribution is 0.414. The minimum atomic E-state index is -3.57. The Morgan fingerprint density at radius 1 is 1.27 bits per heavy atom. The van der Waals surface area contributed by atoms with Crippen molar-refractivity contribution in [2.24, 2.45) is 0 Å². The number of methoxy groups -OCH3 is 1. The van der Waals surface area contributed by atoms with E-state index in [1.165, 1.54) is 11.3 Å². The maximum Gasteiger partial charge on any atom is 0.240 e. The first kappa shape index (κ1) is 18.5. The van der Waals surface area contributed by atoms with Gasteiger partial charge in [-0.15, -0.1) is 11.3 Å². The van der Waals surface area contributed by atoms with Crippen molar-refractivity contribution in [3.63, 3.8) is 0 Å². The number of aryl methyl sites for hydroxylation is 1. The fourth-order valence-electron chi connectivity index (χ4n) is 2.49. The van der Waals surface area contributed by atoms with E-state index in [4.69, 9.17) is 4.74 Å². The third-order valence-electron chi connectivity index (χ3n) is 3.81. The summed E-state index contributed by atoms with van der Waals surface area (Å²) in [6.45, 7) is 2.03. The van der Waals surface area contributed by atoms with Crippen LogP contribution in [0.25, 0.3) is 11.3 Å². The summed E-state index contributed by atoms with van der Waals surface area (Å²) in [7, 11) is -2.02. The predicted molar refractivity (Wildman–Crippen MR) is 102 cm³/mol. The summed E-state index contributed by atoms with van der Waals surface area (Å²) in [5.74, 6) is 0.632. The Hall–Kier alpha value is -2.29. The van der Waals surface area contributed by atoms with Crippen LogP contribution in [-0.4, -0.2) is 32.0 Å². The van der Waals surface area contributed by atoms with Crippen LogP contribution in [0.5, 0.6) is 5.75 Å². The smallest absolute Gasteiger partial charge is 0.240 e. The van der Waals surface area contributed by atoms with Crippen molar-refractivity contribution in [1.82, 2.24) is 14.7 Å². The van der Waals surface area contributed by atoms with Crippen LogP contribution in [-0.2, 0) is 16.4 Å². The molecule has 2 heterocycles. The Bertz CT molecular complexity index is 986. The number of sulfonamides is 1. The Morgan fingerprint density at radius 3 is 2.81 bits per heavy atom. The SMILES string of the molecule is COc1ccc(S(=O)(=O)NCCc2nc(-c3cccnc3)cs2)c(C)c1. The molecule has 0 radical (unpaired) electrons. The molecule has 26 heavy (non-hydrogen) atoms. The topological polar surface area (TPSA) is 81.2 Å². The molecular formula is C18H19N3O3S2. The van der Waals surface area contributed by atoms with E-state index in [-0.39, 0.29) is 11.4 Å². The highest BCUT2D eigenvalue weighted by Crippen LogP contribution is 2.22. The van der Waals surface area contributed by atoms with Gasteiger partial charge in [-0.2, -0.15) is 0 Å². The average Bonchev–Trinajstić information content (AvgIpc) is 3.11. The molecule has 136 valence electrons. The molecular weight excluding hydrogens is 370 g/mol. The van der Waals surface area contributed by atoms with Gasteiger partial charge in [-0.3, -0.25) is 4.98 Å². The van der Waals surface area contributed by atoms with Crippen molar-refractivity contribution in [1.29, 1.82) is 0 Å². The maximum absolute atomic E-state index is 12.5. The number of benzene rings is 1. The van der Waals surface area contributed by atoms with Crippen LogP contribution in [0, 0.1) is 6.92 Å². The number of hydrogen-bond acceptors (Lipinski definition) is 6. The number of ether oxygens (including phenoxy) is 1. The van der Waals surface area contributed by atoms with Crippen LogP contribution in [0.3, 0.4) is 0 Å². The Morgan fingerprint density at radius 2 is 2.12 bits per heavy atom. The summed E-state index contributed by atoms with van der Waals surface area (Å²) in [6, 6.07) is 8.71. The number of thiazole rings is 1. The summed E-state index contributed by atoms with van der Waals surface area (Å²) in [5, 5.41) is 2.83. The van der Waals surface area contributed by atoms with Crippen LogP contribution in [0.15, 0.2) is 53.0 Å². The first-order valence-corrected chi connectivity index (χ1v) is 10.3. The standard InChI is InChI=1S/C18H19N3O3S2/c1-13-10-15(24-2)5-6-17(13)26(22,23)20-9-7-18-21-16(12-25-18)14-4-3-8-19-11-14/h3-6,8,10-12,20H,7,9H2,1-2H3. The van der Waals surface area contributed by atoms with Gasteiger partial charge in [0, 0.05) is 36.3 Å². The van der Waals surface area contributed by atoms with E-state index in [1.807, 2.05) is 17.5 Å². The number of rotatable bonds is 7. The molecule has 0 unspecified atom stereocenters. The summed E-state index contributed by atoms with van der Waals surface area (Å²) in [6.07, 6.45) is 4.00. The van der Waals surface area contributed by atoms with Crippen molar-refractivity contribution in [3.05, 3.63) is 58.7 Å². The van der Waals surface area contributed by atoms with Crippen molar-refractivity contribution in [3.8, 4) is 17.0 Å². The Balaban J connectivity index is 1.63. The summed E-state index contributed by atoms with van der Waals surface area (Å²) >= 11 is 1.51. The minimum Gasteiger partial charge on any atom is -0.497 e. The highest BCUT2D eigenvalue weighted by Gasteiger charge is 2.17. The minimum absolute atomic E-state index is 0.258. The molecule has 0 aliphatic carbocycles. The second-order valence-corrected chi connectivity index (χ2v) is 8.33. The van der Waals surface area contributed by atoms with E-state index < -0.39 is 10.0 Å². The fourth-order valence-corrected chi connectivity index (χ4v) is 4.56. The van der Waals surface area contributed by atoms with E-state index in [9.17, 15) is 8.42 Å². The Kier molecular flexibility index (Phi) is 5.65. The lowest BCUT2D eigenvalue weighted by Gasteiger charge is -2.10. The van der Waals surface area contributed by atoms with Crippen molar-refractivity contribution in [2.45, 2.75) is 18.2 Å². The fraction of sp³-hybridized carbons (Fsp3) is 0.222. The molecule has 3 rings (SSSR count). The van der Waals surface area contributed by atoms with E-state index in [0.717, 1.165) is 16.3 Å². The number of hydrogen-bond donors (Lipinski definition) is 1. The third-order valence-corrected chi connectivity index (χ3v) is 6.34. The van der Waals surface area contributed by atoms with Crippen molar-refractivity contribution < 1.29 is 13.2 Å². The molecule has 0 spiro atoms. The van der Waals surface area contributed by atoms with E-state index in [2.05, 4.69) is 14.7 Å². The van der Waals surface area contributed by atoms with E-state index in [1.54, 1.807) is 44.6 Å². The number of nitrogens with one attached hydrogen (secondary N) is 1. The molecule has 0 bridgehead atoms. The molecule has 0 saturated heterocycles. The predicted octanol–water partition coefficient (Wildman–Crippen LogP) is 3.04. The van der Waals surface area contributed by atoms with Crippen LogP contribution in [0.4, 0.5) is 0 Å². The zero-order chi connectivity index (χ0) is 18.6. The van der Waals surface area contributed by atoms with Crippen molar-refractivity contribution in [2.75, 3.05) is 13.7 Å². The molecule has 0 aliphatic rings. The number of nitrogens with zero attached hydrogens (tertiary/aromatic N) is 2. The summed E-state index contributed by atoms with van der Waals surface area (Å²) in [5.41, 5.74) is 2.45. The Labute approximate surface area is 157 Å². The highest BCUT2D eigenvalue weighted by atomic mass is 32.2. The van der Waals surface area contributed by atoms with Gasteiger partial charge in [-0.25, -0.2) is 18.1 Å². The molecule has 8 heteroatoms. The first-order valence-electron chi connectivity index (χ1n) is 7.99. The number of aromatic nitrogens is 2. The van der Waals surface area contributed by atoms with Gasteiger partial charge in [-0.05, 0) is 42.8 Å². The van der Waals surface area contributed by atoms with E-state index >= 15 is 0 Å². The quantitative estimate of drug-likeness (QED) is 0.672. The largest absolute Gasteiger partial charge is 0.497 e. The number of pyridine rings is 1. The zero-order valence-electron chi connectivity index (χ0n) is 14.5. The zero-order valence-corrected chi connectivity index (χ0v) is 16.1. The van der Waals surface area contributed by atoms with Gasteiger partial charge in [0.15, 0.2) is 0 Å². The molecule has 3 aromatic rings. The van der Waals surface area contributed by atoms with Crippen LogP contribution in [0.2, 0.25) is 0 Å². The van der Waals surface area contributed by atoms with Gasteiger partial charge >= 0.3 is 0 Å². The lowest BCUT2D eigenvalue weighted by Crippen LogP contribution is -2.26. The third kappa shape index (κ3) is 4.27. The van der Waals surface area contributed by atoms with Gasteiger partial charge in [0.2, 0.25) is 10.0 Å². The normalized spacial score (nSPS) is 11.5. The van der Waals surface area contributed by atoms with Gasteiger partial charge in [0.05, 0.1) is 22.7 Å². The average molecular weight is 390 g/mol. The van der Waals surface area contributed by atoms with Crippen LogP contribution in [0.1, 0.15) is 10.6 Å². The molecule has 0 amide bonds. The lowest BCUT2D eigenvalue weighted by atomic mass is 10.2. The van der Waals surface area contributed by atoms with Gasteiger partial charge in [0.25, 0.3) is 0 Å². The van der Waals surface area contributed by atoms with Crippen molar-refractivity contribution >= 4 is 21.4 Å². The molecule has 0 aliphatic heterocycles. The van der Waals surface area contributed by atoms with Crippen LogP contribution >= 0.6 is 11.3 Å². The molecule has 6 nitrogen and oxygen atoms in total. The molecule has 0 fully saturated rings. The highest BCUT2D eigenvalue weighted by molar-refractivity contribution is 7.89. The van der Waals surface area contributed by atoms with Crippen LogP contribution < -0.4 is 9.46 Å². The van der Waals surface area contributed by atoms with Gasteiger partial charge in [0.1, 0.15) is 5.75 Å². The molecule has 1 aromatic carbocycles. The maximum atomic E-state index is 12.5. The summed E-state index contributed by atoms with van der Waals surface area (Å²) in [4.78, 5) is 8.88. The monoisotopic (exact) mass is 389 g/mol. The molecule has 0 atom stereocenters. The molecule has 1 N–H and O–H groups in total. The second kappa shape index (κ2) is 7.94. The van der Waals surface area contributed by atoms with Gasteiger partial charge in [-0.1, -0.05) is 0 Å². The first-order chi connectivity index (χ1) is 12.5. The molecule has 2 aromatic heterocycles. The second-order valence-electron chi connectivity index (χ2n) is 5.65.